The molecule has 6 heteroatoms. The first kappa shape index (κ1) is 9.76. The molecule has 0 spiro atoms. The Morgan fingerprint density at radius 2 is 2.38 bits per heavy atom. The normalized spacial score (nSPS) is 22.3. The summed E-state index contributed by atoms with van der Waals surface area (Å²) in [5.74, 6) is 0. The van der Waals surface area contributed by atoms with Gasteiger partial charge in [0.1, 0.15) is 6.10 Å². The minimum Gasteiger partial charge on any atom is -0.444 e. The summed E-state index contributed by atoms with van der Waals surface area (Å²) in [5, 5.41) is 13.0. The quantitative estimate of drug-likeness (QED) is 0.517. The van der Waals surface area contributed by atoms with Crippen LogP contribution in [-0.2, 0) is 4.74 Å². The van der Waals surface area contributed by atoms with E-state index in [-0.39, 0.29) is 17.4 Å². The molecule has 0 aromatic heterocycles. The lowest BCUT2D eigenvalue weighted by molar-refractivity contribution is -0.563. The number of nitro groups is 1. The zero-order valence-corrected chi connectivity index (χ0v) is 7.57. The molecule has 0 radical (unpaired) electrons. The number of carbonyl (C=O) groups excluding carboxylic acids is 1. The zero-order valence-electron chi connectivity index (χ0n) is 7.57. The molecule has 1 aliphatic rings. The molecule has 13 heavy (non-hydrogen) atoms. The van der Waals surface area contributed by atoms with Crippen LogP contribution >= 0.6 is 0 Å². The fraction of sp³-hybridized carbons (Fsp3) is 0.857. The lowest BCUT2D eigenvalue weighted by Gasteiger charge is -2.17. The van der Waals surface area contributed by atoms with Crippen LogP contribution in [0.1, 0.15) is 20.3 Å². The first-order valence-corrected chi connectivity index (χ1v) is 4.01. The highest BCUT2D eigenvalue weighted by atomic mass is 16.6. The maximum atomic E-state index is 10.6. The second kappa shape index (κ2) is 3.20. The van der Waals surface area contributed by atoms with Gasteiger partial charge in [0, 0.05) is 18.8 Å². The van der Waals surface area contributed by atoms with Crippen LogP contribution in [0.2, 0.25) is 0 Å². The van der Waals surface area contributed by atoms with Gasteiger partial charge in [-0.3, -0.25) is 10.1 Å². The zero-order chi connectivity index (χ0) is 10.1. The van der Waals surface area contributed by atoms with Gasteiger partial charge < -0.3 is 10.1 Å². The van der Waals surface area contributed by atoms with Crippen molar-refractivity contribution >= 4 is 6.09 Å². The smallest absolute Gasteiger partial charge is 0.407 e. The van der Waals surface area contributed by atoms with Gasteiger partial charge in [-0.2, -0.15) is 0 Å². The number of alkyl carbamates (subject to hydrolysis) is 1. The number of nitrogens with one attached hydrogen (secondary N) is 1. The van der Waals surface area contributed by atoms with Crippen LogP contribution in [0.25, 0.3) is 0 Å². The fourth-order valence-corrected chi connectivity index (χ4v) is 1.18. The molecule has 1 amide bonds. The van der Waals surface area contributed by atoms with Crippen molar-refractivity contribution in [3.8, 4) is 0 Å². The van der Waals surface area contributed by atoms with E-state index in [0.717, 1.165) is 0 Å². The van der Waals surface area contributed by atoms with Crippen molar-refractivity contribution in [2.75, 3.05) is 6.54 Å². The Hall–Kier alpha value is -1.33. The molecule has 1 aliphatic heterocycles. The fourth-order valence-electron chi connectivity index (χ4n) is 1.18. The lowest BCUT2D eigenvalue weighted by atomic mass is 9.98. The maximum absolute atomic E-state index is 10.6. The molecule has 0 aliphatic carbocycles. The average molecular weight is 188 g/mol. The maximum Gasteiger partial charge on any atom is 0.407 e. The van der Waals surface area contributed by atoms with Gasteiger partial charge in [-0.15, -0.1) is 0 Å². The summed E-state index contributed by atoms with van der Waals surface area (Å²) in [5.41, 5.74) is -1.04. The summed E-state index contributed by atoms with van der Waals surface area (Å²) in [7, 11) is 0. The van der Waals surface area contributed by atoms with E-state index in [4.69, 9.17) is 4.74 Å². The number of amides is 1. The van der Waals surface area contributed by atoms with Crippen LogP contribution in [-0.4, -0.2) is 29.2 Å². The third kappa shape index (κ3) is 2.30. The van der Waals surface area contributed by atoms with Crippen molar-refractivity contribution in [2.45, 2.75) is 31.9 Å². The highest BCUT2D eigenvalue weighted by Gasteiger charge is 2.37. The third-order valence-corrected chi connectivity index (χ3v) is 1.97. The minimum absolute atomic E-state index is 0.235. The summed E-state index contributed by atoms with van der Waals surface area (Å²) in [6.45, 7) is 3.38. The van der Waals surface area contributed by atoms with Crippen LogP contribution in [0, 0.1) is 10.1 Å². The molecule has 74 valence electrons. The Morgan fingerprint density at radius 1 is 1.77 bits per heavy atom. The van der Waals surface area contributed by atoms with E-state index in [0.29, 0.717) is 6.54 Å². The van der Waals surface area contributed by atoms with Gasteiger partial charge in [-0.25, -0.2) is 4.79 Å². The first-order valence-electron chi connectivity index (χ1n) is 4.01. The topological polar surface area (TPSA) is 81.5 Å². The van der Waals surface area contributed by atoms with Crippen molar-refractivity contribution in [1.82, 2.24) is 5.32 Å². The molecule has 0 bridgehead atoms. The van der Waals surface area contributed by atoms with Crippen LogP contribution in [0.5, 0.6) is 0 Å². The molecule has 1 heterocycles. The van der Waals surface area contributed by atoms with Crippen molar-refractivity contribution in [2.24, 2.45) is 0 Å². The number of hydrogen-bond acceptors (Lipinski definition) is 4. The molecular formula is C7H12N2O4. The monoisotopic (exact) mass is 188 g/mol. The van der Waals surface area contributed by atoms with E-state index in [1.165, 1.54) is 13.8 Å². The standard InChI is InChI=1S/C7H12N2O4/c1-7(2,9(11)12)3-5-4-8-6(10)13-5/h5H,3-4H2,1-2H3,(H,8,10). The molecule has 1 N–H and O–H groups in total. The van der Waals surface area contributed by atoms with E-state index >= 15 is 0 Å². The van der Waals surface area contributed by atoms with Crippen LogP contribution in [0.15, 0.2) is 0 Å². The van der Waals surface area contributed by atoms with Gasteiger partial charge in [0.15, 0.2) is 0 Å². The summed E-state index contributed by atoms with van der Waals surface area (Å²) >= 11 is 0. The second-order valence-corrected chi connectivity index (χ2v) is 3.68. The summed E-state index contributed by atoms with van der Waals surface area (Å²) in [6.07, 6.45) is -0.643. The van der Waals surface area contributed by atoms with Crippen LogP contribution < -0.4 is 5.32 Å². The number of hydrogen-bond donors (Lipinski definition) is 1. The van der Waals surface area contributed by atoms with Gasteiger partial charge in [0.2, 0.25) is 5.54 Å². The molecule has 6 nitrogen and oxygen atoms in total. The predicted octanol–water partition coefficient (Wildman–Crippen LogP) is 0.540. The third-order valence-electron chi connectivity index (χ3n) is 1.97. The Bertz CT molecular complexity index is 239. The van der Waals surface area contributed by atoms with Gasteiger partial charge in [-0.05, 0) is 0 Å². The van der Waals surface area contributed by atoms with Crippen molar-refractivity contribution in [1.29, 1.82) is 0 Å². The molecule has 1 atom stereocenters. The van der Waals surface area contributed by atoms with Gasteiger partial charge in [0.25, 0.3) is 0 Å². The van der Waals surface area contributed by atoms with Crippen molar-refractivity contribution in [3.05, 3.63) is 10.1 Å². The molecule has 1 saturated heterocycles. The Kier molecular flexibility index (Phi) is 2.40. The predicted molar refractivity (Wildman–Crippen MR) is 44.0 cm³/mol. The second-order valence-electron chi connectivity index (χ2n) is 3.68. The van der Waals surface area contributed by atoms with Crippen LogP contribution in [0.3, 0.4) is 0 Å². The molecule has 0 aromatic carbocycles. The Morgan fingerprint density at radius 3 is 2.77 bits per heavy atom. The van der Waals surface area contributed by atoms with Gasteiger partial charge >= 0.3 is 6.09 Å². The largest absolute Gasteiger partial charge is 0.444 e. The number of nitrogens with zero attached hydrogens (tertiary/aromatic N) is 1. The average Bonchev–Trinajstić information content (AvgIpc) is 2.34. The van der Waals surface area contributed by atoms with E-state index < -0.39 is 11.6 Å². The van der Waals surface area contributed by atoms with Crippen molar-refractivity contribution in [3.63, 3.8) is 0 Å². The summed E-state index contributed by atoms with van der Waals surface area (Å²) in [6, 6.07) is 0. The summed E-state index contributed by atoms with van der Waals surface area (Å²) < 4.78 is 4.79. The first-order chi connectivity index (χ1) is 5.92. The SMILES string of the molecule is CC(C)(CC1CNC(=O)O1)[N+](=O)[O-]. The van der Waals surface area contributed by atoms with E-state index in [9.17, 15) is 14.9 Å². The highest BCUT2D eigenvalue weighted by Crippen LogP contribution is 2.19. The van der Waals surface area contributed by atoms with Gasteiger partial charge in [-0.1, -0.05) is 0 Å². The Balaban J connectivity index is 2.49. The number of cyclic esters (lactones) is 1. The molecule has 1 unspecified atom stereocenters. The molecule has 0 saturated carbocycles. The van der Waals surface area contributed by atoms with E-state index in [1.54, 1.807) is 0 Å². The molecule has 1 fully saturated rings. The van der Waals surface area contributed by atoms with Crippen LogP contribution in [0.4, 0.5) is 4.79 Å². The summed E-state index contributed by atoms with van der Waals surface area (Å²) in [4.78, 5) is 20.8. The number of carbonyl (C=O) groups is 1. The Labute approximate surface area is 75.4 Å². The van der Waals surface area contributed by atoms with Crippen molar-refractivity contribution < 1.29 is 14.5 Å². The molecule has 1 rings (SSSR count). The van der Waals surface area contributed by atoms with E-state index in [1.807, 2.05) is 0 Å². The lowest BCUT2D eigenvalue weighted by Crippen LogP contribution is -2.36. The van der Waals surface area contributed by atoms with E-state index in [2.05, 4.69) is 5.32 Å². The minimum atomic E-state index is -1.04. The highest BCUT2D eigenvalue weighted by molar-refractivity contribution is 5.69. The molecule has 0 aromatic rings. The number of ether oxygens (including phenoxy) is 1. The van der Waals surface area contributed by atoms with Gasteiger partial charge in [0.05, 0.1) is 13.0 Å². The number of rotatable bonds is 3. The molecular weight excluding hydrogens is 176 g/mol.